The fourth-order valence-corrected chi connectivity index (χ4v) is 3.20. The smallest absolute Gasteiger partial charge is 0.289 e. The van der Waals surface area contributed by atoms with Crippen molar-refractivity contribution in [3.8, 4) is 0 Å². The normalized spacial score (nSPS) is 14.7. The van der Waals surface area contributed by atoms with Crippen LogP contribution in [-0.4, -0.2) is 34.8 Å². The Labute approximate surface area is 150 Å². The summed E-state index contributed by atoms with van der Waals surface area (Å²) in [6, 6.07) is 12.8. The number of furan rings is 1. The largest absolute Gasteiger partial charge is 0.455 e. The highest BCUT2D eigenvalue weighted by molar-refractivity contribution is 5.91. The molecule has 1 aliphatic rings. The molecule has 4 nitrogen and oxygen atoms in total. The minimum atomic E-state index is 0.0263. The van der Waals surface area contributed by atoms with Crippen LogP contribution in [0.4, 0.5) is 0 Å². The molecule has 1 aromatic heterocycles. The van der Waals surface area contributed by atoms with Gasteiger partial charge in [0.15, 0.2) is 5.76 Å². The highest BCUT2D eigenvalue weighted by atomic mass is 16.4. The summed E-state index contributed by atoms with van der Waals surface area (Å²) in [6.45, 7) is 9.75. The summed E-state index contributed by atoms with van der Waals surface area (Å²) < 4.78 is 5.86. The quantitative estimate of drug-likeness (QED) is 0.789. The molecule has 2 aromatic rings. The molecule has 0 N–H and O–H groups in total. The first-order valence-electron chi connectivity index (χ1n) is 9.20. The number of hydrogen-bond donors (Lipinski definition) is 0. The molecular weight excluding hydrogens is 312 g/mol. The van der Waals surface area contributed by atoms with Crippen LogP contribution in [0.5, 0.6) is 0 Å². The molecule has 0 radical (unpaired) electrons. The van der Waals surface area contributed by atoms with Crippen LogP contribution in [0.25, 0.3) is 0 Å². The van der Waals surface area contributed by atoms with Crippen LogP contribution in [-0.2, 0) is 13.1 Å². The van der Waals surface area contributed by atoms with E-state index in [0.29, 0.717) is 18.3 Å². The van der Waals surface area contributed by atoms with E-state index in [1.807, 2.05) is 17.0 Å². The summed E-state index contributed by atoms with van der Waals surface area (Å²) in [5, 5.41) is 0. The lowest BCUT2D eigenvalue weighted by molar-refractivity contribution is 0.0756. The average molecular weight is 340 g/mol. The molecule has 1 aliphatic heterocycles. The van der Waals surface area contributed by atoms with Crippen LogP contribution < -0.4 is 0 Å². The zero-order chi connectivity index (χ0) is 17.8. The molecule has 0 spiro atoms. The molecular formula is C21H28N2O2. The van der Waals surface area contributed by atoms with Crippen molar-refractivity contribution in [2.75, 3.05) is 13.1 Å². The number of likely N-dealkylation sites (tertiary alicyclic amines) is 1. The Bertz CT molecular complexity index is 697. The Morgan fingerprint density at radius 3 is 2.40 bits per heavy atom. The number of aryl methyl sites for hydroxylation is 1. The fraction of sp³-hybridized carbons (Fsp3) is 0.476. The monoisotopic (exact) mass is 340 g/mol. The summed E-state index contributed by atoms with van der Waals surface area (Å²) in [6.07, 6.45) is 2.19. The number of nitrogens with zero attached hydrogens (tertiary/aromatic N) is 2. The molecule has 4 heteroatoms. The zero-order valence-corrected chi connectivity index (χ0v) is 15.5. The molecule has 0 unspecified atom stereocenters. The number of carbonyl (C=O) groups is 1. The Hall–Kier alpha value is -2.07. The minimum absolute atomic E-state index is 0.0263. The third-order valence-electron chi connectivity index (χ3n) is 4.86. The van der Waals surface area contributed by atoms with Crippen LogP contribution in [0, 0.1) is 6.92 Å². The van der Waals surface area contributed by atoms with E-state index in [1.54, 1.807) is 0 Å². The fourth-order valence-electron chi connectivity index (χ4n) is 3.20. The second kappa shape index (κ2) is 7.87. The maximum absolute atomic E-state index is 12.4. The van der Waals surface area contributed by atoms with Crippen molar-refractivity contribution in [1.29, 1.82) is 0 Å². The molecule has 2 heterocycles. The van der Waals surface area contributed by atoms with E-state index in [4.69, 9.17) is 4.42 Å². The zero-order valence-electron chi connectivity index (χ0n) is 15.5. The van der Waals surface area contributed by atoms with Crippen molar-refractivity contribution in [2.24, 2.45) is 0 Å². The minimum Gasteiger partial charge on any atom is -0.455 e. The van der Waals surface area contributed by atoms with Crippen molar-refractivity contribution >= 4 is 5.91 Å². The second-order valence-corrected chi connectivity index (χ2v) is 7.25. The van der Waals surface area contributed by atoms with Gasteiger partial charge in [-0.15, -0.1) is 0 Å². The number of benzene rings is 1. The molecule has 3 rings (SSSR count). The highest BCUT2D eigenvalue weighted by Gasteiger charge is 2.22. The van der Waals surface area contributed by atoms with Gasteiger partial charge in [0.1, 0.15) is 5.76 Å². The molecule has 0 aliphatic carbocycles. The standard InChI is InChI=1S/C21H28N2O2/c1-16(2)23(14-18-8-6-17(3)7-9-18)15-19-10-11-20(25-19)21(24)22-12-4-5-13-22/h6-11,16H,4-5,12-15H2,1-3H3. The van der Waals surface area contributed by atoms with Gasteiger partial charge in [0, 0.05) is 25.7 Å². The highest BCUT2D eigenvalue weighted by Crippen LogP contribution is 2.19. The van der Waals surface area contributed by atoms with E-state index < -0.39 is 0 Å². The van der Waals surface area contributed by atoms with E-state index in [-0.39, 0.29) is 5.91 Å². The van der Waals surface area contributed by atoms with Crippen LogP contribution in [0.3, 0.4) is 0 Å². The van der Waals surface area contributed by atoms with Gasteiger partial charge in [0.2, 0.25) is 0 Å². The van der Waals surface area contributed by atoms with Gasteiger partial charge < -0.3 is 9.32 Å². The summed E-state index contributed by atoms with van der Waals surface area (Å²) >= 11 is 0. The Kier molecular flexibility index (Phi) is 5.59. The van der Waals surface area contributed by atoms with Crippen molar-refractivity contribution in [2.45, 2.75) is 52.7 Å². The molecule has 1 amide bonds. The summed E-state index contributed by atoms with van der Waals surface area (Å²) in [7, 11) is 0. The lowest BCUT2D eigenvalue weighted by atomic mass is 10.1. The first-order valence-corrected chi connectivity index (χ1v) is 9.20. The molecule has 1 aromatic carbocycles. The van der Waals surface area contributed by atoms with Crippen LogP contribution in [0.1, 0.15) is 54.1 Å². The van der Waals surface area contributed by atoms with E-state index in [9.17, 15) is 4.79 Å². The van der Waals surface area contributed by atoms with Gasteiger partial charge in [-0.25, -0.2) is 0 Å². The van der Waals surface area contributed by atoms with Crippen molar-refractivity contribution in [1.82, 2.24) is 9.80 Å². The maximum Gasteiger partial charge on any atom is 0.289 e. The Morgan fingerprint density at radius 1 is 1.08 bits per heavy atom. The lowest BCUT2D eigenvalue weighted by Crippen LogP contribution is -2.29. The predicted molar refractivity (Wildman–Crippen MR) is 99.4 cm³/mol. The molecule has 1 fully saturated rings. The average Bonchev–Trinajstić information content (AvgIpc) is 3.27. The topological polar surface area (TPSA) is 36.7 Å². The third-order valence-corrected chi connectivity index (χ3v) is 4.86. The SMILES string of the molecule is Cc1ccc(CN(Cc2ccc(C(=O)N3CCCC3)o2)C(C)C)cc1. The Balaban J connectivity index is 1.66. The van der Waals surface area contributed by atoms with Gasteiger partial charge >= 0.3 is 0 Å². The van der Waals surface area contributed by atoms with Gasteiger partial charge in [-0.05, 0) is 51.3 Å². The van der Waals surface area contributed by atoms with Crippen molar-refractivity contribution in [3.05, 3.63) is 59.0 Å². The van der Waals surface area contributed by atoms with Crippen LogP contribution in [0.2, 0.25) is 0 Å². The van der Waals surface area contributed by atoms with Crippen molar-refractivity contribution < 1.29 is 9.21 Å². The third kappa shape index (κ3) is 4.51. The second-order valence-electron chi connectivity index (χ2n) is 7.25. The van der Waals surface area contributed by atoms with Crippen molar-refractivity contribution in [3.63, 3.8) is 0 Å². The summed E-state index contributed by atoms with van der Waals surface area (Å²) in [5.41, 5.74) is 2.56. The molecule has 1 saturated heterocycles. The number of rotatable bonds is 6. The van der Waals surface area contributed by atoms with Gasteiger partial charge in [-0.2, -0.15) is 0 Å². The maximum atomic E-state index is 12.4. The van der Waals surface area contributed by atoms with E-state index in [0.717, 1.165) is 38.2 Å². The molecule has 0 bridgehead atoms. The summed E-state index contributed by atoms with van der Waals surface area (Å²) in [5.74, 6) is 1.35. The molecule has 0 atom stereocenters. The van der Waals surface area contributed by atoms with Gasteiger partial charge in [0.25, 0.3) is 5.91 Å². The van der Waals surface area contributed by atoms with Gasteiger partial charge in [-0.3, -0.25) is 9.69 Å². The van der Waals surface area contributed by atoms with Gasteiger partial charge in [0.05, 0.1) is 6.54 Å². The van der Waals surface area contributed by atoms with Crippen LogP contribution >= 0.6 is 0 Å². The first kappa shape index (κ1) is 17.7. The first-order chi connectivity index (χ1) is 12.0. The molecule has 25 heavy (non-hydrogen) atoms. The van der Waals surface area contributed by atoms with Gasteiger partial charge in [-0.1, -0.05) is 29.8 Å². The lowest BCUT2D eigenvalue weighted by Gasteiger charge is -2.25. The molecule has 0 saturated carbocycles. The predicted octanol–water partition coefficient (Wildman–Crippen LogP) is 4.23. The Morgan fingerprint density at radius 2 is 1.76 bits per heavy atom. The number of carbonyl (C=O) groups excluding carboxylic acids is 1. The molecule has 134 valence electrons. The number of hydrogen-bond acceptors (Lipinski definition) is 3. The summed E-state index contributed by atoms with van der Waals surface area (Å²) in [4.78, 5) is 16.7. The van der Waals surface area contributed by atoms with Crippen LogP contribution in [0.15, 0.2) is 40.8 Å². The van der Waals surface area contributed by atoms with E-state index >= 15 is 0 Å². The number of amides is 1. The van der Waals surface area contributed by atoms with E-state index in [2.05, 4.69) is 49.9 Å². The van der Waals surface area contributed by atoms with E-state index in [1.165, 1.54) is 11.1 Å².